The third kappa shape index (κ3) is 10.6. The van der Waals surface area contributed by atoms with Crippen molar-refractivity contribution in [2.45, 2.75) is 12.3 Å². The second-order valence-electron chi connectivity index (χ2n) is 16.1. The lowest BCUT2D eigenvalue weighted by molar-refractivity contribution is 0.100. The molecule has 1 unspecified atom stereocenters. The molecule has 71 heavy (non-hydrogen) atoms. The van der Waals surface area contributed by atoms with Gasteiger partial charge in [0.2, 0.25) is 58.1 Å². The minimum absolute atomic E-state index is 0. The van der Waals surface area contributed by atoms with Crippen LogP contribution >= 0.6 is 0 Å². The van der Waals surface area contributed by atoms with E-state index in [-0.39, 0.29) is 32.9 Å². The van der Waals surface area contributed by atoms with Crippen molar-refractivity contribution in [3.05, 3.63) is 276 Å². The number of halogens is 1. The Morgan fingerprint density at radius 3 is 0.831 bits per heavy atom. The number of nitrogens with zero attached hydrogens (tertiary/aromatic N) is 6. The highest BCUT2D eigenvalue weighted by atomic mass is 19.0. The molecule has 344 valence electrons. The average molecular weight is 933 g/mol. The largest absolute Gasteiger partial charge is 0.285 e. The summed E-state index contributed by atoms with van der Waals surface area (Å²) in [5.41, 5.74) is 6.89. The van der Waals surface area contributed by atoms with Crippen molar-refractivity contribution in [2.75, 3.05) is 0 Å². The van der Waals surface area contributed by atoms with E-state index in [4.69, 9.17) is 0 Å². The van der Waals surface area contributed by atoms with E-state index < -0.39 is 63.9 Å². The summed E-state index contributed by atoms with van der Waals surface area (Å²) in [4.78, 5) is 97.5. The average Bonchev–Trinajstić information content (AvgIpc) is 3.44. The fourth-order valence-corrected chi connectivity index (χ4v) is 7.74. The molecule has 12 heteroatoms. The Balaban J connectivity index is 0.00000676. The molecule has 0 bridgehead atoms. The molecular formula is C59H41FN6O5. The maximum atomic E-state index is 14.7. The number of benzene rings is 7. The standard InChI is InChI=1S/C59H40N6O5.FH/c1-3-14-37(4-2)41-21-29-45(30-22-41)49(66)54-60-55(50(67)46-31-23-42(24-32-46)38-15-8-5-9-16-38)63-58(62-54)53(70)59-64-56(51(68)47-33-25-43(26-34-47)39-17-10-6-11-18-39)61-57(65-59)52(69)48-35-27-44(28-36-48)40-19-12-7-13-20-40;/h3-13,15-37H,1-2,14H2;1H. The lowest BCUT2D eigenvalue weighted by Gasteiger charge is -2.11. The minimum atomic E-state index is -1.11. The maximum absolute atomic E-state index is 14.7. The normalized spacial score (nSPS) is 11.1. The fraction of sp³-hybridized carbons (Fsp3) is 0.0339. The van der Waals surface area contributed by atoms with Crippen molar-refractivity contribution in [1.82, 2.24) is 29.9 Å². The first kappa shape index (κ1) is 47.8. The first-order valence-electron chi connectivity index (χ1n) is 22.2. The molecule has 0 radical (unpaired) electrons. The van der Waals surface area contributed by atoms with Crippen LogP contribution in [0.4, 0.5) is 4.70 Å². The Labute approximate surface area is 407 Å². The smallest absolute Gasteiger partial charge is 0.267 e. The van der Waals surface area contributed by atoms with Crippen LogP contribution < -0.4 is 0 Å². The molecule has 2 heterocycles. The van der Waals surface area contributed by atoms with Gasteiger partial charge in [-0.15, -0.1) is 13.2 Å². The highest BCUT2D eigenvalue weighted by Crippen LogP contribution is 2.25. The van der Waals surface area contributed by atoms with Crippen LogP contribution in [0.1, 0.15) is 99.1 Å². The molecule has 1 atom stereocenters. The van der Waals surface area contributed by atoms with Gasteiger partial charge in [0.1, 0.15) is 0 Å². The van der Waals surface area contributed by atoms with Gasteiger partial charge in [-0.2, -0.15) is 0 Å². The molecule has 0 spiro atoms. The van der Waals surface area contributed by atoms with Crippen molar-refractivity contribution >= 4 is 28.9 Å². The van der Waals surface area contributed by atoms with E-state index in [9.17, 15) is 24.0 Å². The zero-order valence-corrected chi connectivity index (χ0v) is 37.9. The summed E-state index contributed by atoms with van der Waals surface area (Å²) < 4.78 is 0. The second-order valence-corrected chi connectivity index (χ2v) is 16.1. The van der Waals surface area contributed by atoms with E-state index in [0.29, 0.717) is 6.42 Å². The summed E-state index contributed by atoms with van der Waals surface area (Å²) in [6, 6.07) is 55.6. The fourth-order valence-electron chi connectivity index (χ4n) is 7.74. The van der Waals surface area contributed by atoms with Crippen LogP contribution in [-0.2, 0) is 0 Å². The monoisotopic (exact) mass is 932 g/mol. The molecule has 7 aromatic carbocycles. The van der Waals surface area contributed by atoms with Crippen LogP contribution in [-0.4, -0.2) is 58.8 Å². The van der Waals surface area contributed by atoms with Gasteiger partial charge in [-0.1, -0.05) is 200 Å². The van der Waals surface area contributed by atoms with Gasteiger partial charge in [-0.05, 0) is 45.4 Å². The van der Waals surface area contributed by atoms with Crippen LogP contribution in [0.15, 0.2) is 213 Å². The number of hydrogen-bond acceptors (Lipinski definition) is 11. The Kier molecular flexibility index (Phi) is 14.5. The van der Waals surface area contributed by atoms with Crippen LogP contribution in [0.3, 0.4) is 0 Å². The lowest BCUT2D eigenvalue weighted by Crippen LogP contribution is -2.23. The first-order chi connectivity index (χ1) is 34.2. The SMILES string of the molecule is C=CCC(C=C)c1ccc(C(=O)c2nc(C(=O)c3ccc(-c4ccccc4)cc3)nc(C(=O)c3nc(C(=O)c4ccc(-c5ccccc5)cc4)nc(C(=O)c4ccc(-c5ccccc5)cc4)n3)n2)cc1.F. The van der Waals surface area contributed by atoms with Crippen LogP contribution in [0, 0.1) is 0 Å². The first-order valence-corrected chi connectivity index (χ1v) is 22.2. The van der Waals surface area contributed by atoms with Gasteiger partial charge in [0.25, 0.3) is 5.78 Å². The van der Waals surface area contributed by atoms with E-state index in [1.165, 1.54) is 0 Å². The van der Waals surface area contributed by atoms with Gasteiger partial charge in [0.15, 0.2) is 0 Å². The summed E-state index contributed by atoms with van der Waals surface area (Å²) in [7, 11) is 0. The summed E-state index contributed by atoms with van der Waals surface area (Å²) in [6.45, 7) is 7.73. The second kappa shape index (κ2) is 21.5. The number of carbonyl (C=O) groups excluding carboxylic acids is 5. The molecule has 0 aliphatic rings. The lowest BCUT2D eigenvalue weighted by atomic mass is 9.94. The summed E-state index contributed by atoms with van der Waals surface area (Å²) in [6.07, 6.45) is 4.20. The van der Waals surface area contributed by atoms with Crippen molar-refractivity contribution < 1.29 is 28.7 Å². The summed E-state index contributed by atoms with van der Waals surface area (Å²) in [5.74, 6) is -7.40. The third-order valence-electron chi connectivity index (χ3n) is 11.6. The van der Waals surface area contributed by atoms with Crippen LogP contribution in [0.5, 0.6) is 0 Å². The molecule has 0 N–H and O–H groups in total. The van der Waals surface area contributed by atoms with Gasteiger partial charge in [0, 0.05) is 28.2 Å². The minimum Gasteiger partial charge on any atom is -0.285 e. The predicted molar refractivity (Wildman–Crippen MR) is 269 cm³/mol. The Morgan fingerprint density at radius 2 is 0.577 bits per heavy atom. The molecule has 0 saturated carbocycles. The number of allylic oxidation sites excluding steroid dienone is 2. The van der Waals surface area contributed by atoms with Crippen molar-refractivity contribution in [1.29, 1.82) is 0 Å². The summed E-state index contributed by atoms with van der Waals surface area (Å²) in [5, 5.41) is 0. The van der Waals surface area contributed by atoms with E-state index >= 15 is 0 Å². The molecule has 0 fully saturated rings. The Bertz CT molecular complexity index is 3330. The van der Waals surface area contributed by atoms with Crippen molar-refractivity contribution in [3.63, 3.8) is 0 Å². The van der Waals surface area contributed by atoms with E-state index in [1.807, 2.05) is 91.0 Å². The van der Waals surface area contributed by atoms with Crippen molar-refractivity contribution in [3.8, 4) is 33.4 Å². The quantitative estimate of drug-likeness (QED) is 0.0631. The van der Waals surface area contributed by atoms with Crippen LogP contribution in [0.25, 0.3) is 33.4 Å². The Hall–Kier alpha value is -9.68. The number of hydrogen-bond donors (Lipinski definition) is 0. The predicted octanol–water partition coefficient (Wildman–Crippen LogP) is 11.2. The molecule has 0 amide bonds. The zero-order valence-electron chi connectivity index (χ0n) is 37.9. The van der Waals surface area contributed by atoms with Gasteiger partial charge < -0.3 is 0 Å². The van der Waals surface area contributed by atoms with Gasteiger partial charge >= 0.3 is 0 Å². The van der Waals surface area contributed by atoms with E-state index in [1.54, 1.807) is 109 Å². The third-order valence-corrected chi connectivity index (χ3v) is 11.6. The van der Waals surface area contributed by atoms with Crippen molar-refractivity contribution in [2.24, 2.45) is 0 Å². The van der Waals surface area contributed by atoms with Gasteiger partial charge in [-0.3, -0.25) is 28.7 Å². The molecule has 2 aromatic heterocycles. The number of ketones is 5. The van der Waals surface area contributed by atoms with Crippen LogP contribution in [0.2, 0.25) is 0 Å². The number of aromatic nitrogens is 6. The van der Waals surface area contributed by atoms with Gasteiger partial charge in [-0.25, -0.2) is 29.9 Å². The maximum Gasteiger partial charge on any atom is 0.267 e. The van der Waals surface area contributed by atoms with E-state index in [0.717, 1.165) is 38.9 Å². The molecule has 0 saturated heterocycles. The molecule has 9 rings (SSSR count). The highest BCUT2D eigenvalue weighted by molar-refractivity contribution is 6.13. The molecule has 11 nitrogen and oxygen atoms in total. The Morgan fingerprint density at radius 1 is 0.338 bits per heavy atom. The number of carbonyl (C=O) groups is 5. The van der Waals surface area contributed by atoms with E-state index in [2.05, 4.69) is 43.1 Å². The highest BCUT2D eigenvalue weighted by Gasteiger charge is 2.29. The van der Waals surface area contributed by atoms with Gasteiger partial charge in [0.05, 0.1) is 0 Å². The molecule has 9 aromatic rings. The topological polar surface area (TPSA) is 163 Å². The molecule has 0 aliphatic heterocycles. The zero-order chi connectivity index (χ0) is 48.6. The molecule has 0 aliphatic carbocycles. The molecular weight excluding hydrogens is 892 g/mol. The number of rotatable bonds is 17. The summed E-state index contributed by atoms with van der Waals surface area (Å²) >= 11 is 0.